The van der Waals surface area contributed by atoms with Gasteiger partial charge in [-0.3, -0.25) is 4.79 Å². The van der Waals surface area contributed by atoms with Gasteiger partial charge >= 0.3 is 0 Å². The molecule has 0 aliphatic heterocycles. The second kappa shape index (κ2) is 10.3. The maximum absolute atomic E-state index is 12.5. The first-order valence-electron chi connectivity index (χ1n) is 11.9. The maximum Gasteiger partial charge on any atom is 0.251 e. The highest BCUT2D eigenvalue weighted by molar-refractivity contribution is 5.94. The van der Waals surface area contributed by atoms with Crippen LogP contribution in [0.5, 0.6) is 5.75 Å². The van der Waals surface area contributed by atoms with Gasteiger partial charge in [-0.05, 0) is 72.7 Å². The van der Waals surface area contributed by atoms with E-state index in [0.717, 1.165) is 37.1 Å². The van der Waals surface area contributed by atoms with Crippen LogP contribution >= 0.6 is 0 Å². The molecule has 0 atom stereocenters. The molecule has 1 amide bonds. The average Bonchev–Trinajstić information content (AvgIpc) is 3.48. The summed E-state index contributed by atoms with van der Waals surface area (Å²) in [5.74, 6) is 0.729. The van der Waals surface area contributed by atoms with Gasteiger partial charge in [0.2, 0.25) is 0 Å². The molecule has 0 aliphatic rings. The number of aromatic nitrogens is 2. The van der Waals surface area contributed by atoms with Gasteiger partial charge in [0.1, 0.15) is 5.75 Å². The van der Waals surface area contributed by atoms with Crippen molar-refractivity contribution in [3.8, 4) is 5.75 Å². The Labute approximate surface area is 199 Å². The van der Waals surface area contributed by atoms with Gasteiger partial charge in [-0.15, -0.1) is 0 Å². The zero-order valence-corrected chi connectivity index (χ0v) is 19.2. The minimum Gasteiger partial charge on any atom is -0.494 e. The Balaban J connectivity index is 1.03. The van der Waals surface area contributed by atoms with Gasteiger partial charge in [-0.1, -0.05) is 36.4 Å². The van der Waals surface area contributed by atoms with Gasteiger partial charge in [0.25, 0.3) is 5.91 Å². The Kier molecular flexibility index (Phi) is 6.61. The number of carbonyl (C=O) groups excluding carboxylic acids is 1. The molecule has 0 fully saturated rings. The molecule has 5 rings (SSSR count). The van der Waals surface area contributed by atoms with Gasteiger partial charge in [-0.2, -0.15) is 0 Å². The zero-order valence-electron chi connectivity index (χ0n) is 19.2. The van der Waals surface area contributed by atoms with Crippen molar-refractivity contribution in [3.63, 3.8) is 0 Å². The molecule has 0 radical (unpaired) electrons. The van der Waals surface area contributed by atoms with Crippen LogP contribution in [0, 0.1) is 0 Å². The number of ether oxygens (including phenoxy) is 1. The van der Waals surface area contributed by atoms with Crippen LogP contribution in [0.2, 0.25) is 0 Å². The number of rotatable bonds is 10. The number of hydrogen-bond donors (Lipinski definition) is 2. The number of amides is 1. The number of hydrogen-bond acceptors (Lipinski definition) is 2. The van der Waals surface area contributed by atoms with Crippen LogP contribution in [0.4, 0.5) is 0 Å². The fourth-order valence-electron chi connectivity index (χ4n) is 4.36. The van der Waals surface area contributed by atoms with E-state index in [1.165, 1.54) is 21.9 Å². The molecule has 0 aliphatic carbocycles. The number of aromatic amines is 1. The highest BCUT2D eigenvalue weighted by Crippen LogP contribution is 2.18. The summed E-state index contributed by atoms with van der Waals surface area (Å²) in [6.45, 7) is 2.24. The summed E-state index contributed by atoms with van der Waals surface area (Å²) in [5, 5.41) is 5.50. The summed E-state index contributed by atoms with van der Waals surface area (Å²) in [7, 11) is 0. The van der Waals surface area contributed by atoms with Crippen molar-refractivity contribution in [1.82, 2.24) is 14.9 Å². The third kappa shape index (κ3) is 4.99. The summed E-state index contributed by atoms with van der Waals surface area (Å²) in [6, 6.07) is 26.2. The number of H-pyrrole nitrogens is 1. The molecule has 0 unspecified atom stereocenters. The van der Waals surface area contributed by atoms with E-state index in [-0.39, 0.29) is 5.91 Å². The normalized spacial score (nSPS) is 11.2. The van der Waals surface area contributed by atoms with Crippen LogP contribution in [-0.4, -0.2) is 28.6 Å². The molecule has 3 aromatic carbocycles. The predicted octanol–water partition coefficient (Wildman–Crippen LogP) is 5.95. The molecule has 0 bridgehead atoms. The molecule has 2 heterocycles. The van der Waals surface area contributed by atoms with E-state index in [0.29, 0.717) is 18.7 Å². The van der Waals surface area contributed by atoms with Gasteiger partial charge in [0.05, 0.1) is 6.61 Å². The molecule has 0 saturated heterocycles. The van der Waals surface area contributed by atoms with Crippen molar-refractivity contribution in [1.29, 1.82) is 0 Å². The maximum atomic E-state index is 12.5. The molecule has 5 nitrogen and oxygen atoms in total. The van der Waals surface area contributed by atoms with E-state index < -0.39 is 0 Å². The topological polar surface area (TPSA) is 59.1 Å². The highest BCUT2D eigenvalue weighted by Gasteiger charge is 2.07. The Bertz CT molecular complexity index is 1380. The zero-order chi connectivity index (χ0) is 23.2. The van der Waals surface area contributed by atoms with Gasteiger partial charge in [-0.25, -0.2) is 0 Å². The Hall–Kier alpha value is -3.99. The first kappa shape index (κ1) is 21.8. The SMILES string of the molecule is O=C(NCCc1c[nH]c2ccccc12)c1ccc(OCCCCn2ccc3ccccc32)cc1. The van der Waals surface area contributed by atoms with Crippen molar-refractivity contribution in [2.24, 2.45) is 0 Å². The summed E-state index contributed by atoms with van der Waals surface area (Å²) in [5.41, 5.74) is 4.26. The second-order valence-electron chi connectivity index (χ2n) is 8.51. The number of aryl methyl sites for hydroxylation is 1. The average molecular weight is 452 g/mol. The second-order valence-corrected chi connectivity index (χ2v) is 8.51. The number of nitrogens with zero attached hydrogens (tertiary/aromatic N) is 1. The molecule has 0 spiro atoms. The largest absolute Gasteiger partial charge is 0.494 e. The summed E-state index contributed by atoms with van der Waals surface area (Å²) in [6.07, 6.45) is 6.98. The van der Waals surface area contributed by atoms with Crippen LogP contribution in [0.1, 0.15) is 28.8 Å². The fourth-order valence-corrected chi connectivity index (χ4v) is 4.36. The lowest BCUT2D eigenvalue weighted by Crippen LogP contribution is -2.25. The predicted molar refractivity (Wildman–Crippen MR) is 137 cm³/mol. The number of nitrogens with one attached hydrogen (secondary N) is 2. The third-order valence-corrected chi connectivity index (χ3v) is 6.21. The van der Waals surface area contributed by atoms with E-state index in [9.17, 15) is 4.79 Å². The van der Waals surface area contributed by atoms with Gasteiger partial charge in [0, 0.05) is 47.5 Å². The van der Waals surface area contributed by atoms with Crippen LogP contribution in [0.15, 0.2) is 91.3 Å². The number of para-hydroxylation sites is 2. The Morgan fingerprint density at radius 3 is 2.65 bits per heavy atom. The van der Waals surface area contributed by atoms with Crippen molar-refractivity contribution in [3.05, 3.63) is 102 Å². The fraction of sp³-hybridized carbons (Fsp3) is 0.207. The molecule has 5 heteroatoms. The van der Waals surface area contributed by atoms with Crippen LogP contribution in [0.25, 0.3) is 21.8 Å². The van der Waals surface area contributed by atoms with E-state index in [4.69, 9.17) is 4.74 Å². The van der Waals surface area contributed by atoms with Gasteiger partial charge in [0.15, 0.2) is 0 Å². The first-order valence-corrected chi connectivity index (χ1v) is 11.9. The lowest BCUT2D eigenvalue weighted by Gasteiger charge is -2.09. The van der Waals surface area contributed by atoms with Crippen molar-refractivity contribution >= 4 is 27.7 Å². The van der Waals surface area contributed by atoms with Crippen LogP contribution < -0.4 is 10.1 Å². The van der Waals surface area contributed by atoms with Crippen LogP contribution in [0.3, 0.4) is 0 Å². The molecule has 5 aromatic rings. The number of unbranched alkanes of at least 4 members (excludes halogenated alkanes) is 1. The molecule has 34 heavy (non-hydrogen) atoms. The smallest absolute Gasteiger partial charge is 0.251 e. The third-order valence-electron chi connectivity index (χ3n) is 6.21. The van der Waals surface area contributed by atoms with Crippen molar-refractivity contribution in [2.75, 3.05) is 13.2 Å². The summed E-state index contributed by atoms with van der Waals surface area (Å²) >= 11 is 0. The number of benzene rings is 3. The van der Waals surface area contributed by atoms with Crippen molar-refractivity contribution < 1.29 is 9.53 Å². The van der Waals surface area contributed by atoms with Crippen LogP contribution in [-0.2, 0) is 13.0 Å². The molecule has 0 saturated carbocycles. The number of carbonyl (C=O) groups is 1. The standard InChI is InChI=1S/C29H29N3O2/c33-29(30-17-15-24-21-31-27-9-3-2-8-26(24)27)23-11-13-25(14-12-23)34-20-6-5-18-32-19-16-22-7-1-4-10-28(22)32/h1-4,7-14,16,19,21,31H,5-6,15,17-18,20H2,(H,30,33). The minimum absolute atomic E-state index is 0.0645. The highest BCUT2D eigenvalue weighted by atomic mass is 16.5. The molecule has 172 valence electrons. The summed E-state index contributed by atoms with van der Waals surface area (Å²) in [4.78, 5) is 15.8. The lowest BCUT2D eigenvalue weighted by molar-refractivity contribution is 0.0954. The van der Waals surface area contributed by atoms with E-state index in [2.05, 4.69) is 63.5 Å². The summed E-state index contributed by atoms with van der Waals surface area (Å²) < 4.78 is 8.17. The van der Waals surface area contributed by atoms with Gasteiger partial charge < -0.3 is 19.6 Å². The molecule has 2 aromatic heterocycles. The Morgan fingerprint density at radius 1 is 0.912 bits per heavy atom. The van der Waals surface area contributed by atoms with E-state index in [1.54, 1.807) is 0 Å². The van der Waals surface area contributed by atoms with E-state index >= 15 is 0 Å². The monoisotopic (exact) mass is 451 g/mol. The minimum atomic E-state index is -0.0645. The molecular weight excluding hydrogens is 422 g/mol. The first-order chi connectivity index (χ1) is 16.8. The lowest BCUT2D eigenvalue weighted by atomic mass is 10.1. The quantitative estimate of drug-likeness (QED) is 0.258. The number of fused-ring (bicyclic) bond motifs is 2. The van der Waals surface area contributed by atoms with Crippen molar-refractivity contribution in [2.45, 2.75) is 25.8 Å². The molecular formula is C29H29N3O2. The van der Waals surface area contributed by atoms with E-state index in [1.807, 2.05) is 42.6 Å². The molecule has 2 N–H and O–H groups in total. The Morgan fingerprint density at radius 2 is 1.74 bits per heavy atom.